The Hall–Kier alpha value is -3.30. The lowest BCUT2D eigenvalue weighted by molar-refractivity contribution is -0.275. The van der Waals surface area contributed by atoms with Gasteiger partial charge in [0.2, 0.25) is 5.91 Å². The largest absolute Gasteiger partial charge is 0.435 e. The fourth-order valence-electron chi connectivity index (χ4n) is 5.15. The molecule has 0 bridgehead atoms. The monoisotopic (exact) mass is 591 g/mol. The lowest BCUT2D eigenvalue weighted by Crippen LogP contribution is -2.49. The minimum atomic E-state index is -4.84. The predicted octanol–water partition coefficient (Wildman–Crippen LogP) is 6.76. The van der Waals surface area contributed by atoms with Gasteiger partial charge in [-0.15, -0.1) is 0 Å². The van der Waals surface area contributed by atoms with Gasteiger partial charge < -0.3 is 15.5 Å². The van der Waals surface area contributed by atoms with Crippen molar-refractivity contribution in [2.24, 2.45) is 11.1 Å². The number of hydrogen-bond acceptors (Lipinski definition) is 4. The molecule has 0 spiro atoms. The molecule has 1 fully saturated rings. The minimum Gasteiger partial charge on any atom is -0.374 e. The molecule has 11 heteroatoms. The van der Waals surface area contributed by atoms with Gasteiger partial charge in [0.15, 0.2) is 0 Å². The summed E-state index contributed by atoms with van der Waals surface area (Å²) < 4.78 is 43.4. The first kappa shape index (κ1) is 28.2. The Labute approximate surface area is 238 Å². The van der Waals surface area contributed by atoms with Gasteiger partial charge >= 0.3 is 6.18 Å². The Morgan fingerprint density at radius 1 is 1.02 bits per heavy atom. The third kappa shape index (κ3) is 5.37. The maximum atomic E-state index is 14.5. The molecule has 2 N–H and O–H groups in total. The minimum absolute atomic E-state index is 0.0359. The Kier molecular flexibility index (Phi) is 7.25. The number of halogens is 5. The van der Waals surface area contributed by atoms with Crippen LogP contribution in [0.2, 0.25) is 10.0 Å². The molecule has 2 amide bonds. The van der Waals surface area contributed by atoms with E-state index in [2.05, 4.69) is 15.8 Å². The fraction of sp³-hybridized carbons (Fsp3) is 0.345. The molecule has 0 radical (unpaired) electrons. The van der Waals surface area contributed by atoms with Crippen LogP contribution in [0.15, 0.2) is 59.8 Å². The predicted molar refractivity (Wildman–Crippen MR) is 148 cm³/mol. The molecule has 1 heterocycles. The van der Waals surface area contributed by atoms with Crippen LogP contribution in [-0.4, -0.2) is 35.8 Å². The van der Waals surface area contributed by atoms with Crippen molar-refractivity contribution in [2.75, 3.05) is 6.54 Å². The zero-order valence-corrected chi connectivity index (χ0v) is 23.2. The summed E-state index contributed by atoms with van der Waals surface area (Å²) in [6.07, 6.45) is -3.34. The summed E-state index contributed by atoms with van der Waals surface area (Å²) in [5.74, 6) is -0.351. The summed E-state index contributed by atoms with van der Waals surface area (Å²) in [6.45, 7) is 3.71. The number of alkyl halides is 3. The molecule has 1 saturated carbocycles. The van der Waals surface area contributed by atoms with E-state index in [1.54, 1.807) is 24.3 Å². The highest BCUT2D eigenvalue weighted by Crippen LogP contribution is 2.50. The number of amides is 2. The molecule has 1 aliphatic heterocycles. The molecule has 210 valence electrons. The van der Waals surface area contributed by atoms with E-state index < -0.39 is 24.1 Å². The van der Waals surface area contributed by atoms with Crippen molar-refractivity contribution >= 4 is 51.5 Å². The maximum absolute atomic E-state index is 14.5. The van der Waals surface area contributed by atoms with Gasteiger partial charge in [0.1, 0.15) is 0 Å². The van der Waals surface area contributed by atoms with E-state index in [-0.39, 0.29) is 44.9 Å². The van der Waals surface area contributed by atoms with Crippen molar-refractivity contribution in [3.8, 4) is 0 Å². The van der Waals surface area contributed by atoms with Gasteiger partial charge in [-0.3, -0.25) is 9.59 Å². The van der Waals surface area contributed by atoms with Crippen molar-refractivity contribution in [3.05, 3.63) is 81.3 Å². The third-order valence-electron chi connectivity index (χ3n) is 7.46. The SMILES string of the molecule is CC(C)(NC(=O)CNC(=O)c1ccc(C2=NOC(c3cc(Cl)cc(Cl)c3)(C(F)(F)F)C2)c2ccccc12)C1CC1. The number of fused-ring (bicyclic) bond motifs is 1. The van der Waals surface area contributed by atoms with Crippen LogP contribution >= 0.6 is 23.2 Å². The van der Waals surface area contributed by atoms with Gasteiger partial charge in [-0.2, -0.15) is 13.2 Å². The lowest BCUT2D eigenvalue weighted by atomic mass is 9.85. The maximum Gasteiger partial charge on any atom is 0.435 e. The third-order valence-corrected chi connectivity index (χ3v) is 7.90. The van der Waals surface area contributed by atoms with Gasteiger partial charge in [0.25, 0.3) is 11.5 Å². The van der Waals surface area contributed by atoms with E-state index in [0.717, 1.165) is 25.0 Å². The number of carbonyl (C=O) groups is 2. The molecule has 3 aromatic rings. The van der Waals surface area contributed by atoms with Crippen LogP contribution in [0.25, 0.3) is 10.8 Å². The Balaban J connectivity index is 1.41. The molecule has 0 saturated heterocycles. The highest BCUT2D eigenvalue weighted by molar-refractivity contribution is 6.34. The topological polar surface area (TPSA) is 79.8 Å². The second-order valence-electron chi connectivity index (χ2n) is 10.7. The summed E-state index contributed by atoms with van der Waals surface area (Å²) in [5.41, 5.74) is -2.68. The summed E-state index contributed by atoms with van der Waals surface area (Å²) in [7, 11) is 0. The number of hydrogen-bond donors (Lipinski definition) is 2. The van der Waals surface area contributed by atoms with Crippen LogP contribution in [0.1, 0.15) is 54.6 Å². The highest BCUT2D eigenvalue weighted by Gasteiger charge is 2.62. The average Bonchev–Trinajstić information content (AvgIpc) is 3.65. The Bertz CT molecular complexity index is 1520. The summed E-state index contributed by atoms with van der Waals surface area (Å²) in [6, 6.07) is 13.5. The number of nitrogens with one attached hydrogen (secondary N) is 2. The fourth-order valence-corrected chi connectivity index (χ4v) is 5.68. The molecule has 1 aliphatic carbocycles. The van der Waals surface area contributed by atoms with E-state index in [1.165, 1.54) is 18.2 Å². The van der Waals surface area contributed by atoms with E-state index in [1.807, 2.05) is 13.8 Å². The van der Waals surface area contributed by atoms with Gasteiger partial charge in [-0.25, -0.2) is 0 Å². The summed E-state index contributed by atoms with van der Waals surface area (Å²) in [5, 5.41) is 10.5. The van der Waals surface area contributed by atoms with E-state index >= 15 is 0 Å². The van der Waals surface area contributed by atoms with Gasteiger partial charge in [0.05, 0.1) is 12.3 Å². The van der Waals surface area contributed by atoms with Crippen molar-refractivity contribution < 1.29 is 27.6 Å². The standard InChI is InChI=1S/C29H26Cl2F3N3O3/c1-27(2,16-7-8-16)36-25(38)15-35-26(39)23-10-9-22(20-5-3-4-6-21(20)23)24-14-28(40-37-24,29(32,33)34)17-11-18(30)13-19(31)12-17/h3-6,9-13,16H,7-8,14-15H2,1-2H3,(H,35,39)(H,36,38). The van der Waals surface area contributed by atoms with Crippen molar-refractivity contribution in [3.63, 3.8) is 0 Å². The first-order valence-electron chi connectivity index (χ1n) is 12.7. The van der Waals surface area contributed by atoms with Crippen molar-refractivity contribution in [1.82, 2.24) is 10.6 Å². The van der Waals surface area contributed by atoms with Crippen molar-refractivity contribution in [1.29, 1.82) is 0 Å². The first-order valence-corrected chi connectivity index (χ1v) is 13.5. The van der Waals surface area contributed by atoms with E-state index in [9.17, 15) is 22.8 Å². The molecule has 5 rings (SSSR count). The molecule has 6 nitrogen and oxygen atoms in total. The second-order valence-corrected chi connectivity index (χ2v) is 11.6. The molecule has 1 atom stereocenters. The normalized spacial score (nSPS) is 19.2. The van der Waals surface area contributed by atoms with Crippen LogP contribution in [-0.2, 0) is 15.2 Å². The highest BCUT2D eigenvalue weighted by atomic mass is 35.5. The molecular weight excluding hydrogens is 566 g/mol. The summed E-state index contributed by atoms with van der Waals surface area (Å²) in [4.78, 5) is 30.7. The van der Waals surface area contributed by atoms with Crippen LogP contribution in [0, 0.1) is 5.92 Å². The quantitative estimate of drug-likeness (QED) is 0.318. The zero-order chi connectivity index (χ0) is 28.9. The number of carbonyl (C=O) groups excluding carboxylic acids is 2. The summed E-state index contributed by atoms with van der Waals surface area (Å²) >= 11 is 12.0. The molecule has 2 aliphatic rings. The van der Waals surface area contributed by atoms with E-state index in [0.29, 0.717) is 22.3 Å². The lowest BCUT2D eigenvalue weighted by Gasteiger charge is -2.29. The Morgan fingerprint density at radius 3 is 2.30 bits per heavy atom. The van der Waals surface area contributed by atoms with E-state index in [4.69, 9.17) is 28.0 Å². The van der Waals surface area contributed by atoms with Gasteiger partial charge in [0, 0.05) is 38.7 Å². The van der Waals surface area contributed by atoms with Crippen molar-refractivity contribution in [2.45, 2.75) is 50.4 Å². The molecular formula is C29H26Cl2F3N3O3. The number of nitrogens with zero attached hydrogens (tertiary/aromatic N) is 1. The van der Waals surface area contributed by atoms with Gasteiger partial charge in [-0.05, 0) is 67.6 Å². The molecule has 0 aromatic heterocycles. The smallest absolute Gasteiger partial charge is 0.374 e. The molecule has 3 aromatic carbocycles. The number of benzene rings is 3. The first-order chi connectivity index (χ1) is 18.8. The number of oxime groups is 1. The second kappa shape index (κ2) is 10.3. The van der Waals surface area contributed by atoms with Crippen LogP contribution in [0.4, 0.5) is 13.2 Å². The van der Waals surface area contributed by atoms with Crippen LogP contribution < -0.4 is 10.6 Å². The van der Waals surface area contributed by atoms with Gasteiger partial charge in [-0.1, -0.05) is 58.7 Å². The molecule has 40 heavy (non-hydrogen) atoms. The molecule has 1 unspecified atom stereocenters. The van der Waals surface area contributed by atoms with Crippen LogP contribution in [0.3, 0.4) is 0 Å². The Morgan fingerprint density at radius 2 is 1.68 bits per heavy atom. The average molecular weight is 592 g/mol. The zero-order valence-electron chi connectivity index (χ0n) is 21.7. The number of rotatable bonds is 7. The van der Waals surface area contributed by atoms with Crippen LogP contribution in [0.5, 0.6) is 0 Å².